The lowest BCUT2D eigenvalue weighted by Gasteiger charge is -2.33. The van der Waals surface area contributed by atoms with Crippen molar-refractivity contribution in [3.63, 3.8) is 0 Å². The highest BCUT2D eigenvalue weighted by atomic mass is 19.1. The van der Waals surface area contributed by atoms with Gasteiger partial charge in [0.25, 0.3) is 0 Å². The monoisotopic (exact) mass is 439 g/mol. The highest BCUT2D eigenvalue weighted by Crippen LogP contribution is 2.29. The average Bonchev–Trinajstić information content (AvgIpc) is 2.81. The summed E-state index contributed by atoms with van der Waals surface area (Å²) in [6.45, 7) is 2.35. The second-order valence-corrected chi connectivity index (χ2v) is 7.51. The summed E-state index contributed by atoms with van der Waals surface area (Å²) in [6.07, 6.45) is 1.10. The van der Waals surface area contributed by atoms with E-state index in [1.807, 2.05) is 0 Å². The summed E-state index contributed by atoms with van der Waals surface area (Å²) in [6, 6.07) is 10.7. The van der Waals surface area contributed by atoms with Crippen LogP contribution in [-0.4, -0.2) is 49.4 Å². The molecule has 1 saturated heterocycles. The summed E-state index contributed by atoms with van der Waals surface area (Å²) in [5.74, 6) is 0.0537. The number of hydrogen-bond acceptors (Lipinski definition) is 7. The van der Waals surface area contributed by atoms with E-state index >= 15 is 0 Å². The smallest absolute Gasteiger partial charge is 0.172 e. The van der Waals surface area contributed by atoms with E-state index in [1.165, 1.54) is 12.1 Å². The van der Waals surface area contributed by atoms with Crippen LogP contribution in [0.2, 0.25) is 0 Å². The number of rotatable bonds is 7. The third-order valence-corrected chi connectivity index (χ3v) is 5.30. The van der Waals surface area contributed by atoms with Gasteiger partial charge in [0.15, 0.2) is 23.2 Å². The Kier molecular flexibility index (Phi) is 6.61. The normalized spacial score (nSPS) is 14.4. The van der Waals surface area contributed by atoms with Gasteiger partial charge in [0.05, 0.1) is 29.3 Å². The van der Waals surface area contributed by atoms with Gasteiger partial charge in [-0.3, -0.25) is 0 Å². The van der Waals surface area contributed by atoms with E-state index < -0.39 is 11.6 Å². The van der Waals surface area contributed by atoms with Gasteiger partial charge < -0.3 is 19.7 Å². The van der Waals surface area contributed by atoms with Crippen LogP contribution in [0.1, 0.15) is 18.4 Å². The zero-order chi connectivity index (χ0) is 22.5. The van der Waals surface area contributed by atoms with Gasteiger partial charge in [0.2, 0.25) is 0 Å². The first kappa shape index (κ1) is 21.7. The topological polar surface area (TPSA) is 83.3 Å². The van der Waals surface area contributed by atoms with Gasteiger partial charge in [-0.15, -0.1) is 0 Å². The zero-order valence-corrected chi connectivity index (χ0v) is 17.6. The number of methoxy groups -OCH3 is 1. The van der Waals surface area contributed by atoms with Crippen LogP contribution < -0.4 is 15.0 Å². The summed E-state index contributed by atoms with van der Waals surface area (Å²) in [5, 5.41) is 12.5. The maximum Gasteiger partial charge on any atom is 0.172 e. The molecule has 0 radical (unpaired) electrons. The molecule has 1 N–H and O–H groups in total. The van der Waals surface area contributed by atoms with Gasteiger partial charge in [-0.05, 0) is 30.3 Å². The number of hydrogen-bond donors (Lipinski definition) is 1. The summed E-state index contributed by atoms with van der Waals surface area (Å²) in [7, 11) is 1.63. The van der Waals surface area contributed by atoms with Crippen LogP contribution in [0.5, 0.6) is 5.75 Å². The van der Waals surface area contributed by atoms with Crippen molar-refractivity contribution < 1.29 is 18.3 Å². The van der Waals surface area contributed by atoms with Crippen LogP contribution in [0.15, 0.2) is 36.4 Å². The van der Waals surface area contributed by atoms with Crippen LogP contribution in [0.3, 0.4) is 0 Å². The maximum absolute atomic E-state index is 13.9. The molecule has 3 aromatic rings. The molecule has 0 saturated carbocycles. The van der Waals surface area contributed by atoms with Crippen molar-refractivity contribution in [2.75, 3.05) is 43.6 Å². The molecule has 0 aliphatic carbocycles. The number of nitrogens with zero attached hydrogens (tertiary/aromatic N) is 4. The molecule has 0 atom stereocenters. The molecule has 9 heteroatoms. The van der Waals surface area contributed by atoms with E-state index in [9.17, 15) is 14.0 Å². The lowest BCUT2D eigenvalue weighted by molar-refractivity contribution is 0.163. The summed E-state index contributed by atoms with van der Waals surface area (Å²) in [5.41, 5.74) is 1.85. The largest absolute Gasteiger partial charge is 0.487 e. The van der Waals surface area contributed by atoms with Crippen LogP contribution in [0.25, 0.3) is 11.0 Å². The number of ether oxygens (including phenoxy) is 2. The molecular weight excluding hydrogens is 416 g/mol. The number of benzene rings is 2. The van der Waals surface area contributed by atoms with Crippen LogP contribution in [0, 0.1) is 23.0 Å². The minimum absolute atomic E-state index is 0.0568. The summed E-state index contributed by atoms with van der Waals surface area (Å²) < 4.78 is 37.9. The molecule has 0 amide bonds. The predicted molar refractivity (Wildman–Crippen MR) is 117 cm³/mol. The molecule has 1 aliphatic rings. The SMILES string of the molecule is COCCNc1nc2ccc(C#N)cc2nc1N1CCC(Oc2ccc(F)cc2F)CC1. The highest BCUT2D eigenvalue weighted by molar-refractivity contribution is 5.81. The molecule has 0 bridgehead atoms. The molecule has 1 fully saturated rings. The van der Waals surface area contributed by atoms with E-state index in [-0.39, 0.29) is 11.9 Å². The van der Waals surface area contributed by atoms with E-state index in [0.717, 1.165) is 6.07 Å². The van der Waals surface area contributed by atoms with E-state index in [1.54, 1.807) is 25.3 Å². The standard InChI is InChI=1S/C23H23F2N5O2/c1-31-11-8-27-22-23(29-20-12-15(14-26)2-4-19(20)28-22)30-9-6-17(7-10-30)32-21-5-3-16(24)13-18(21)25/h2-5,12-13,17H,6-11H2,1H3,(H,27,28). The van der Waals surface area contributed by atoms with Gasteiger partial charge in [-0.2, -0.15) is 5.26 Å². The highest BCUT2D eigenvalue weighted by Gasteiger charge is 2.25. The van der Waals surface area contributed by atoms with Gasteiger partial charge in [-0.25, -0.2) is 18.7 Å². The van der Waals surface area contributed by atoms with Gasteiger partial charge >= 0.3 is 0 Å². The van der Waals surface area contributed by atoms with E-state index in [4.69, 9.17) is 19.4 Å². The van der Waals surface area contributed by atoms with Crippen molar-refractivity contribution in [2.24, 2.45) is 0 Å². The number of aromatic nitrogens is 2. The summed E-state index contributed by atoms with van der Waals surface area (Å²) in [4.78, 5) is 11.6. The Balaban J connectivity index is 1.52. The van der Waals surface area contributed by atoms with Crippen molar-refractivity contribution in [1.29, 1.82) is 5.26 Å². The molecule has 2 aromatic carbocycles. The third-order valence-electron chi connectivity index (χ3n) is 5.30. The Morgan fingerprint density at radius 2 is 1.94 bits per heavy atom. The van der Waals surface area contributed by atoms with Crippen LogP contribution in [-0.2, 0) is 4.74 Å². The molecule has 1 aromatic heterocycles. The van der Waals surface area contributed by atoms with Gasteiger partial charge in [0, 0.05) is 45.7 Å². The quantitative estimate of drug-likeness (QED) is 0.559. The predicted octanol–water partition coefficient (Wildman–Crippen LogP) is 3.89. The second-order valence-electron chi connectivity index (χ2n) is 7.51. The molecule has 7 nitrogen and oxygen atoms in total. The Morgan fingerprint density at radius 1 is 1.12 bits per heavy atom. The van der Waals surface area contributed by atoms with Crippen LogP contribution >= 0.6 is 0 Å². The van der Waals surface area contributed by atoms with E-state index in [0.29, 0.717) is 67.3 Å². The number of halogens is 2. The molecule has 0 unspecified atom stereocenters. The number of piperidine rings is 1. The number of anilines is 2. The molecule has 2 heterocycles. The minimum atomic E-state index is -0.703. The Bertz CT molecular complexity index is 1140. The molecule has 166 valence electrons. The maximum atomic E-state index is 13.9. The molecule has 32 heavy (non-hydrogen) atoms. The Morgan fingerprint density at radius 3 is 2.66 bits per heavy atom. The number of fused-ring (bicyclic) bond motifs is 1. The van der Waals surface area contributed by atoms with Crippen molar-refractivity contribution >= 4 is 22.7 Å². The van der Waals surface area contributed by atoms with Gasteiger partial charge in [0.1, 0.15) is 11.9 Å². The Labute approximate surface area is 184 Å². The fourth-order valence-electron chi connectivity index (χ4n) is 3.66. The minimum Gasteiger partial charge on any atom is -0.487 e. The van der Waals surface area contributed by atoms with Crippen molar-refractivity contribution in [2.45, 2.75) is 18.9 Å². The average molecular weight is 439 g/mol. The Hall–Kier alpha value is -3.51. The first-order valence-electron chi connectivity index (χ1n) is 10.4. The number of nitriles is 1. The first-order chi connectivity index (χ1) is 15.6. The number of nitrogens with one attached hydrogen (secondary N) is 1. The zero-order valence-electron chi connectivity index (χ0n) is 17.6. The lowest BCUT2D eigenvalue weighted by Crippen LogP contribution is -2.39. The fourth-order valence-corrected chi connectivity index (χ4v) is 3.66. The lowest BCUT2D eigenvalue weighted by atomic mass is 10.1. The molecule has 1 aliphatic heterocycles. The third kappa shape index (κ3) is 4.86. The first-order valence-corrected chi connectivity index (χ1v) is 10.4. The molecular formula is C23H23F2N5O2. The van der Waals surface area contributed by atoms with Crippen LogP contribution in [0.4, 0.5) is 20.4 Å². The van der Waals surface area contributed by atoms with Crippen molar-refractivity contribution in [1.82, 2.24) is 9.97 Å². The fraction of sp³-hybridized carbons (Fsp3) is 0.348. The summed E-state index contributed by atoms with van der Waals surface area (Å²) >= 11 is 0. The second kappa shape index (κ2) is 9.75. The van der Waals surface area contributed by atoms with Gasteiger partial charge in [-0.1, -0.05) is 0 Å². The van der Waals surface area contributed by atoms with Crippen molar-refractivity contribution in [3.8, 4) is 11.8 Å². The van der Waals surface area contributed by atoms with Crippen molar-refractivity contribution in [3.05, 3.63) is 53.6 Å². The molecule has 4 rings (SSSR count). The molecule has 0 spiro atoms. The van der Waals surface area contributed by atoms with E-state index in [2.05, 4.69) is 16.3 Å².